The van der Waals surface area contributed by atoms with Crippen LogP contribution in [0, 0.1) is 0 Å². The average Bonchev–Trinajstić information content (AvgIpc) is 2.76. The highest BCUT2D eigenvalue weighted by molar-refractivity contribution is 9.49. The summed E-state index contributed by atoms with van der Waals surface area (Å²) in [6.07, 6.45) is 0. The Bertz CT molecular complexity index is 544. The third kappa shape index (κ3) is 21.2. The molecule has 0 spiro atoms. The summed E-state index contributed by atoms with van der Waals surface area (Å²) in [7, 11) is 73.9. The summed E-state index contributed by atoms with van der Waals surface area (Å²) < 4.78 is 0. The SMILES string of the molecule is [PH]PP(P([PH])P)P(P(P)P)P(P(P(P(P)P)P(P)P)P(P(P)P)P(P)P)P(P(P(P)P)P(P)P)P(P(P)P)P(P)P. The molecule has 0 fully saturated rings. The molecule has 0 N–H and O–H groups in total. The zero-order valence-corrected chi connectivity index (χ0v) is 62.9. The van der Waals surface area contributed by atoms with Gasteiger partial charge in [-0.2, -0.15) is 0 Å². The number of hydrogen-bond donors (Lipinski definition) is 0. The van der Waals surface area contributed by atoms with Crippen LogP contribution >= 0.6 is 328 Å². The van der Waals surface area contributed by atoms with Crippen LogP contribution in [0.5, 0.6) is 0 Å². The van der Waals surface area contributed by atoms with E-state index in [-0.39, 0.29) is 133 Å². The fourth-order valence-corrected chi connectivity index (χ4v) is 562. The van der Waals surface area contributed by atoms with E-state index in [0.29, 0.717) is 0 Å². The molecule has 0 amide bonds. The highest BCUT2D eigenvalue weighted by Gasteiger charge is 2.55. The topological polar surface area (TPSA) is 0 Å². The van der Waals surface area contributed by atoms with Crippen LogP contribution in [0.4, 0.5) is 0 Å². The van der Waals surface area contributed by atoms with Gasteiger partial charge in [-0.25, -0.2) is 0 Å². The lowest BCUT2D eigenvalue weighted by Gasteiger charge is -2.56. The van der Waals surface area contributed by atoms with Crippen LogP contribution in [0.2, 0.25) is 0 Å². The van der Waals surface area contributed by atoms with Crippen molar-refractivity contribution in [1.29, 1.82) is 0 Å². The van der Waals surface area contributed by atoms with Gasteiger partial charge in [0.2, 0.25) is 0 Å². The Balaban J connectivity index is 8.46. The molecule has 0 heterocycles. The van der Waals surface area contributed by atoms with E-state index in [9.17, 15) is 0 Å². The lowest BCUT2D eigenvalue weighted by atomic mass is 28.4. The highest BCUT2D eigenvalue weighted by Crippen LogP contribution is 3.43. The van der Waals surface area contributed by atoms with Crippen LogP contribution in [0.3, 0.4) is 0 Å². The molecule has 23 atom stereocenters. The normalized spacial score (nSPS) is 16.0. The van der Waals surface area contributed by atoms with Crippen molar-refractivity contribution in [2.45, 2.75) is 0 Å². The van der Waals surface area contributed by atoms with E-state index in [1.54, 1.807) is 0 Å². The Morgan fingerprint density at radius 2 is 0.463 bits per heavy atom. The molecule has 0 saturated carbocycles. The summed E-state index contributed by atoms with van der Waals surface area (Å²) in [5, 5.41) is 0. The predicted molar refractivity (Wildman–Crippen MR) is 341 cm³/mol. The van der Waals surface area contributed by atoms with Crippen LogP contribution in [0.15, 0.2) is 0 Å². The van der Waals surface area contributed by atoms with E-state index >= 15 is 0 Å². The van der Waals surface area contributed by atoms with E-state index in [1.807, 2.05) is 0 Å². The molecule has 0 aromatic rings. The van der Waals surface area contributed by atoms with Crippen molar-refractivity contribution in [2.24, 2.45) is 0 Å². The summed E-state index contributed by atoms with van der Waals surface area (Å²) in [6, 6.07) is 0. The first-order chi connectivity index (χ1) is 18.7. The van der Waals surface area contributed by atoms with Crippen molar-refractivity contribution in [1.82, 2.24) is 0 Å². The zero-order valence-electron chi connectivity index (χ0n) is 21.0. The summed E-state index contributed by atoms with van der Waals surface area (Å²) >= 11 is 0. The molecule has 2 radical (unpaired) electrons. The summed E-state index contributed by atoms with van der Waals surface area (Å²) in [6.45, 7) is -2.23. The van der Waals surface area contributed by atoms with Gasteiger partial charge in [0.15, 0.2) is 0 Å². The Hall–Kier alpha value is 17.6. The van der Waals surface area contributed by atoms with E-state index in [2.05, 4.69) is 187 Å². The number of rotatable bonds is 19. The Kier molecular flexibility index (Phi) is 46.2. The third-order valence-electron chi connectivity index (χ3n) is 3.45. The molecule has 0 aliphatic rings. The second-order valence-corrected chi connectivity index (χ2v) is 170. The summed E-state index contributed by atoms with van der Waals surface area (Å²) in [4.78, 5) is 0. The highest BCUT2D eigenvalue weighted by atomic mass is 33.5. The number of hydrogen-bond acceptors (Lipinski definition) is 0. The van der Waals surface area contributed by atoms with Gasteiger partial charge in [0.25, 0.3) is 0 Å². The first-order valence-electron chi connectivity index (χ1n) is 9.20. The van der Waals surface area contributed by atoms with Gasteiger partial charge in [-0.05, 0) is 133 Å². The van der Waals surface area contributed by atoms with Crippen molar-refractivity contribution >= 4 is 328 Å². The Morgan fingerprint density at radius 1 is 0.293 bits per heavy atom. The maximum Gasteiger partial charge on any atom is -0.000118 e. The minimum absolute atomic E-state index is 0.0666. The molecule has 0 bridgehead atoms. The minimum atomic E-state index is -0.224. The van der Waals surface area contributed by atoms with Gasteiger partial charge in [0.05, 0.1) is 0 Å². The van der Waals surface area contributed by atoms with Crippen molar-refractivity contribution < 1.29 is 0 Å². The maximum atomic E-state index is 4.33. The quantitative estimate of drug-likeness (QED) is 0.113. The molecule has 0 nitrogen and oxygen atoms in total. The molecule has 0 aromatic heterocycles. The van der Waals surface area contributed by atoms with Gasteiger partial charge >= 0.3 is 0 Å². The lowest BCUT2D eigenvalue weighted by molar-refractivity contribution is 4.38. The van der Waals surface area contributed by atoms with Gasteiger partial charge in [0.1, 0.15) is 0 Å². The van der Waals surface area contributed by atoms with Crippen LogP contribution < -0.4 is 0 Å². The fraction of sp³-hybridized carbons (Fsp3) is 0. The van der Waals surface area contributed by atoms with Crippen molar-refractivity contribution in [2.75, 3.05) is 0 Å². The lowest BCUT2D eigenvalue weighted by Crippen LogP contribution is -1.68. The van der Waals surface area contributed by atoms with Crippen LogP contribution in [-0.2, 0) is 0 Å². The van der Waals surface area contributed by atoms with E-state index in [0.717, 1.165) is 7.96 Å². The molecule has 0 aliphatic carbocycles. The van der Waals surface area contributed by atoms with E-state index in [4.69, 9.17) is 0 Å². The largest absolute Gasteiger partial charge is 0.102 e. The second-order valence-electron chi connectivity index (χ2n) is 6.31. The zero-order chi connectivity index (χ0) is 32.7. The molecule has 0 aromatic carbocycles. The van der Waals surface area contributed by atoms with Gasteiger partial charge < -0.3 is 0 Å². The van der Waals surface area contributed by atoms with E-state index < -0.39 is 0 Å². The molecule has 23 unspecified atom stereocenters. The monoisotopic (exact) mass is 1310 g/mol. The van der Waals surface area contributed by atoms with Crippen LogP contribution in [0.1, 0.15) is 0 Å². The predicted octanol–water partition coefficient (Wildman–Crippen LogP) is 24.3. The third-order valence-corrected chi connectivity index (χ3v) is 280. The minimum Gasteiger partial charge on any atom is -0.102 e. The molecule has 0 rings (SSSR count). The first kappa shape index (κ1) is 58.6. The summed E-state index contributed by atoms with van der Waals surface area (Å²) in [5.74, 6) is 0. The average molecular weight is 1310 g/mol. The van der Waals surface area contributed by atoms with Crippen molar-refractivity contribution in [3.05, 3.63) is 0 Å². The van der Waals surface area contributed by atoms with Crippen molar-refractivity contribution in [3.8, 4) is 0 Å². The molecule has 246 valence electrons. The molecule has 41 heteroatoms. The van der Waals surface area contributed by atoms with Crippen molar-refractivity contribution in [3.63, 3.8) is 0 Å². The van der Waals surface area contributed by atoms with Gasteiger partial charge in [-0.1, -0.05) is 25.8 Å². The summed E-state index contributed by atoms with van der Waals surface area (Å²) in [5.41, 5.74) is 0. The smallest absolute Gasteiger partial charge is 0.000118 e. The maximum absolute atomic E-state index is 4.33. The Labute approximate surface area is 324 Å². The second kappa shape index (κ2) is 32.3. The van der Waals surface area contributed by atoms with Crippen LogP contribution in [-0.4, -0.2) is 0 Å². The van der Waals surface area contributed by atoms with Gasteiger partial charge in [0, 0.05) is 0 Å². The molecule has 0 aliphatic heterocycles. The molecular weight excluding hydrogens is 1270 g/mol. The Morgan fingerprint density at radius 3 is 0.585 bits per heavy atom. The van der Waals surface area contributed by atoms with Gasteiger partial charge in [-0.15, -0.1) is 170 Å². The van der Waals surface area contributed by atoms with Gasteiger partial charge in [-0.3, -0.25) is 0 Å². The van der Waals surface area contributed by atoms with Crippen LogP contribution in [0.25, 0.3) is 0 Å². The standard InChI is InChI=1S/H41P41/c1-22-33(23(2)3)38(32(20)21)41(39(34(24(4)5)25(6)7)35(26(8)9)27(10)11)40(36(28(12)13)29(14)15)37(30(16)17)31(18)19/h1-2,22H,3-21H2. The molecule has 0 saturated heterocycles. The van der Waals surface area contributed by atoms with E-state index in [1.165, 1.54) is 0 Å². The molecule has 41 heavy (non-hydrogen) atoms. The first-order valence-corrected chi connectivity index (χ1v) is 82.8. The fourth-order valence-electron chi connectivity index (χ4n) is 2.31. The molecular formula is H41P41.